The third kappa shape index (κ3) is 17.6. The summed E-state index contributed by atoms with van der Waals surface area (Å²) in [6, 6.07) is 0. The number of allylic oxidation sites excluding steroid dienone is 8. The molecular formula is C25H43NO. The molecule has 2 heteroatoms. The van der Waals surface area contributed by atoms with Gasteiger partial charge in [-0.25, -0.2) is 0 Å². The van der Waals surface area contributed by atoms with Gasteiger partial charge in [-0.05, 0) is 99.8 Å². The average Bonchev–Trinajstić information content (AvgIpc) is 2.59. The predicted molar refractivity (Wildman–Crippen MR) is 122 cm³/mol. The minimum Gasteiger partial charge on any atom is -0.396 e. The quantitative estimate of drug-likeness (QED) is 0.170. The molecule has 27 heavy (non-hydrogen) atoms. The van der Waals surface area contributed by atoms with Crippen molar-refractivity contribution >= 4 is 5.71 Å². The maximum absolute atomic E-state index is 5.07. The summed E-state index contributed by atoms with van der Waals surface area (Å²) in [4.78, 5) is 5.07. The Kier molecular flexibility index (Phi) is 15.6. The van der Waals surface area contributed by atoms with Crippen molar-refractivity contribution in [1.29, 1.82) is 0 Å². The van der Waals surface area contributed by atoms with Gasteiger partial charge in [0.25, 0.3) is 0 Å². The zero-order valence-electron chi connectivity index (χ0n) is 19.0. The molecule has 0 fully saturated rings. The number of nitrogens with zero attached hydrogens (tertiary/aromatic N) is 1. The second-order valence-corrected chi connectivity index (χ2v) is 7.83. The van der Waals surface area contributed by atoms with Crippen molar-refractivity contribution in [3.8, 4) is 0 Å². The van der Waals surface area contributed by atoms with Gasteiger partial charge in [0.1, 0.15) is 6.61 Å². The summed E-state index contributed by atoms with van der Waals surface area (Å²) in [7, 11) is 0. The zero-order chi connectivity index (χ0) is 20.5. The molecule has 0 aliphatic carbocycles. The normalized spacial score (nSPS) is 13.7. The molecule has 0 aromatic carbocycles. The van der Waals surface area contributed by atoms with E-state index in [1.54, 1.807) is 0 Å². The second kappa shape index (κ2) is 16.6. The first-order valence-electron chi connectivity index (χ1n) is 10.6. The topological polar surface area (TPSA) is 21.6 Å². The van der Waals surface area contributed by atoms with Gasteiger partial charge in [-0.3, -0.25) is 0 Å². The molecule has 0 atom stereocenters. The highest BCUT2D eigenvalue weighted by molar-refractivity contribution is 5.81. The fourth-order valence-corrected chi connectivity index (χ4v) is 2.74. The third-order valence-corrected chi connectivity index (χ3v) is 4.50. The van der Waals surface area contributed by atoms with Crippen LogP contribution >= 0.6 is 0 Å². The Morgan fingerprint density at radius 3 is 1.44 bits per heavy atom. The maximum atomic E-state index is 5.07. The Labute approximate surface area is 169 Å². The molecule has 0 bridgehead atoms. The van der Waals surface area contributed by atoms with Crippen LogP contribution < -0.4 is 0 Å². The lowest BCUT2D eigenvalue weighted by Gasteiger charge is -2.03. The summed E-state index contributed by atoms with van der Waals surface area (Å²) in [6.07, 6.45) is 18.5. The number of oxime groups is 1. The lowest BCUT2D eigenvalue weighted by Crippen LogP contribution is -1.93. The molecule has 0 aliphatic heterocycles. The minimum atomic E-state index is 0.642. The molecule has 0 unspecified atom stereocenters. The highest BCUT2D eigenvalue weighted by atomic mass is 16.6. The fourth-order valence-electron chi connectivity index (χ4n) is 2.74. The molecule has 0 aromatic heterocycles. The molecule has 2 nitrogen and oxygen atoms in total. The Hall–Kier alpha value is -1.57. The van der Waals surface area contributed by atoms with Crippen molar-refractivity contribution < 1.29 is 4.84 Å². The van der Waals surface area contributed by atoms with Gasteiger partial charge in [-0.1, -0.05) is 51.8 Å². The van der Waals surface area contributed by atoms with E-state index >= 15 is 0 Å². The standard InChI is InChI=1S/C25H43NO/c1-8-27-26-25(7)20-12-19-24(6)18-11-17-23(5)16-10-15-22(4)14-9-13-21(2)3/h13,15,17,19H,8-12,14,16,18,20H2,1-7H3. The lowest BCUT2D eigenvalue weighted by atomic mass is 10.0. The monoisotopic (exact) mass is 373 g/mol. The van der Waals surface area contributed by atoms with Crippen LogP contribution in [0.5, 0.6) is 0 Å². The van der Waals surface area contributed by atoms with Gasteiger partial charge < -0.3 is 4.84 Å². The van der Waals surface area contributed by atoms with Crippen molar-refractivity contribution in [2.75, 3.05) is 6.61 Å². The Morgan fingerprint density at radius 1 is 0.630 bits per heavy atom. The largest absolute Gasteiger partial charge is 0.396 e. The summed E-state index contributed by atoms with van der Waals surface area (Å²) in [5.74, 6) is 0. The van der Waals surface area contributed by atoms with Crippen LogP contribution in [0.15, 0.2) is 51.8 Å². The summed E-state index contributed by atoms with van der Waals surface area (Å²) in [6.45, 7) is 15.7. The van der Waals surface area contributed by atoms with Crippen LogP contribution in [-0.2, 0) is 4.84 Å². The summed E-state index contributed by atoms with van der Waals surface area (Å²) < 4.78 is 0. The van der Waals surface area contributed by atoms with Crippen molar-refractivity contribution in [3.05, 3.63) is 46.6 Å². The van der Waals surface area contributed by atoms with E-state index in [9.17, 15) is 0 Å². The molecule has 0 aromatic rings. The van der Waals surface area contributed by atoms with Gasteiger partial charge in [-0.2, -0.15) is 0 Å². The average molecular weight is 374 g/mol. The zero-order valence-corrected chi connectivity index (χ0v) is 19.0. The van der Waals surface area contributed by atoms with E-state index < -0.39 is 0 Å². The molecule has 0 N–H and O–H groups in total. The SMILES string of the molecule is CCON=C(C)CCC=C(C)CCC=C(C)CCC=C(C)CCC=C(C)C. The molecule has 0 spiro atoms. The van der Waals surface area contributed by atoms with Crippen LogP contribution in [0.4, 0.5) is 0 Å². The smallest absolute Gasteiger partial charge is 0.114 e. The van der Waals surface area contributed by atoms with Gasteiger partial charge in [-0.15, -0.1) is 0 Å². The molecule has 0 rings (SSSR count). The van der Waals surface area contributed by atoms with Crippen LogP contribution in [0.3, 0.4) is 0 Å². The van der Waals surface area contributed by atoms with Gasteiger partial charge >= 0.3 is 0 Å². The van der Waals surface area contributed by atoms with E-state index in [0.29, 0.717) is 6.61 Å². The van der Waals surface area contributed by atoms with Gasteiger partial charge in [0.2, 0.25) is 0 Å². The van der Waals surface area contributed by atoms with Crippen LogP contribution in [0.1, 0.15) is 99.8 Å². The van der Waals surface area contributed by atoms with Crippen molar-refractivity contribution in [3.63, 3.8) is 0 Å². The highest BCUT2D eigenvalue weighted by Crippen LogP contribution is 2.14. The second-order valence-electron chi connectivity index (χ2n) is 7.83. The number of rotatable bonds is 14. The van der Waals surface area contributed by atoms with E-state index in [1.165, 1.54) is 41.6 Å². The molecule has 0 amide bonds. The third-order valence-electron chi connectivity index (χ3n) is 4.50. The van der Waals surface area contributed by atoms with E-state index in [0.717, 1.165) is 37.8 Å². The Morgan fingerprint density at radius 2 is 1.04 bits per heavy atom. The van der Waals surface area contributed by atoms with E-state index in [2.05, 4.69) is 64.1 Å². The van der Waals surface area contributed by atoms with Crippen LogP contribution in [0.25, 0.3) is 0 Å². The molecule has 0 radical (unpaired) electrons. The van der Waals surface area contributed by atoms with E-state index in [1.807, 2.05) is 13.8 Å². The molecule has 0 heterocycles. The van der Waals surface area contributed by atoms with Crippen LogP contribution in [0.2, 0.25) is 0 Å². The number of hydrogen-bond donors (Lipinski definition) is 0. The van der Waals surface area contributed by atoms with Crippen molar-refractivity contribution in [1.82, 2.24) is 0 Å². The first kappa shape index (κ1) is 25.4. The summed E-state index contributed by atoms with van der Waals surface area (Å²) in [5, 5.41) is 4.06. The summed E-state index contributed by atoms with van der Waals surface area (Å²) in [5.41, 5.74) is 6.98. The molecule has 0 saturated heterocycles. The summed E-state index contributed by atoms with van der Waals surface area (Å²) >= 11 is 0. The predicted octanol–water partition coefficient (Wildman–Crippen LogP) is 8.32. The van der Waals surface area contributed by atoms with Gasteiger partial charge in [0, 0.05) is 0 Å². The fraction of sp³-hybridized carbons (Fsp3) is 0.640. The number of hydrogen-bond acceptors (Lipinski definition) is 2. The van der Waals surface area contributed by atoms with Crippen molar-refractivity contribution in [2.24, 2.45) is 5.16 Å². The maximum Gasteiger partial charge on any atom is 0.114 e. The van der Waals surface area contributed by atoms with E-state index in [4.69, 9.17) is 4.84 Å². The van der Waals surface area contributed by atoms with Crippen LogP contribution in [-0.4, -0.2) is 12.3 Å². The minimum absolute atomic E-state index is 0.642. The lowest BCUT2D eigenvalue weighted by molar-refractivity contribution is 0.158. The van der Waals surface area contributed by atoms with Gasteiger partial charge in [0.15, 0.2) is 0 Å². The first-order chi connectivity index (χ1) is 12.8. The highest BCUT2D eigenvalue weighted by Gasteiger charge is 1.95. The van der Waals surface area contributed by atoms with Gasteiger partial charge in [0.05, 0.1) is 5.71 Å². The van der Waals surface area contributed by atoms with E-state index in [-0.39, 0.29) is 0 Å². The molecule has 154 valence electrons. The Bertz CT molecular complexity index is 543. The van der Waals surface area contributed by atoms with Crippen LogP contribution in [0, 0.1) is 0 Å². The molecular weight excluding hydrogens is 330 g/mol. The van der Waals surface area contributed by atoms with Crippen molar-refractivity contribution in [2.45, 2.75) is 99.8 Å². The molecule has 0 aliphatic rings. The molecule has 0 saturated carbocycles. The Balaban J connectivity index is 4.03. The first-order valence-corrected chi connectivity index (χ1v) is 10.6.